The van der Waals surface area contributed by atoms with E-state index in [1.807, 2.05) is 20.9 Å². The largest absolute Gasteiger partial charge is 0.465 e. The predicted octanol–water partition coefficient (Wildman–Crippen LogP) is 1.28. The van der Waals surface area contributed by atoms with E-state index < -0.39 is 5.54 Å². The van der Waals surface area contributed by atoms with Gasteiger partial charge in [0, 0.05) is 19.7 Å². The number of hydrogen-bond acceptors (Lipinski definition) is 5. The van der Waals surface area contributed by atoms with Gasteiger partial charge in [0.15, 0.2) is 0 Å². The van der Waals surface area contributed by atoms with Crippen LogP contribution in [0, 0.1) is 5.92 Å². The highest BCUT2D eigenvalue weighted by molar-refractivity contribution is 5.80. The van der Waals surface area contributed by atoms with E-state index in [2.05, 4.69) is 17.3 Å². The molecule has 118 valence electrons. The van der Waals surface area contributed by atoms with Gasteiger partial charge < -0.3 is 19.7 Å². The summed E-state index contributed by atoms with van der Waals surface area (Å²) in [5.41, 5.74) is -0.604. The van der Waals surface area contributed by atoms with E-state index >= 15 is 0 Å². The molecule has 1 aliphatic rings. The first kappa shape index (κ1) is 17.4. The van der Waals surface area contributed by atoms with E-state index in [-0.39, 0.29) is 5.97 Å². The summed E-state index contributed by atoms with van der Waals surface area (Å²) in [6, 6.07) is 0. The number of carbonyl (C=O) groups excluding carboxylic acids is 1. The first-order valence-corrected chi connectivity index (χ1v) is 7.64. The molecule has 1 heterocycles. The standard InChI is InChI=1S/C15H30N2O3/c1-5-20-14(18)15(2,16-3)8-9-17(4)11-13-7-6-10-19-12-13/h13,16H,5-12H2,1-4H3. The van der Waals surface area contributed by atoms with E-state index in [4.69, 9.17) is 9.47 Å². The molecule has 0 amide bonds. The Morgan fingerprint density at radius 2 is 2.30 bits per heavy atom. The molecule has 2 unspecified atom stereocenters. The van der Waals surface area contributed by atoms with E-state index in [1.165, 1.54) is 6.42 Å². The van der Waals surface area contributed by atoms with Gasteiger partial charge in [-0.05, 0) is 53.1 Å². The number of likely N-dealkylation sites (N-methyl/N-ethyl adjacent to an activating group) is 1. The summed E-state index contributed by atoms with van der Waals surface area (Å²) < 4.78 is 10.6. The van der Waals surface area contributed by atoms with Crippen molar-refractivity contribution in [2.75, 3.05) is 47.0 Å². The fraction of sp³-hybridized carbons (Fsp3) is 0.933. The lowest BCUT2D eigenvalue weighted by atomic mass is 9.97. The lowest BCUT2D eigenvalue weighted by Gasteiger charge is -2.31. The van der Waals surface area contributed by atoms with Crippen molar-refractivity contribution < 1.29 is 14.3 Å². The van der Waals surface area contributed by atoms with Crippen LogP contribution in [0.1, 0.15) is 33.1 Å². The molecule has 2 atom stereocenters. The second kappa shape index (κ2) is 8.60. The smallest absolute Gasteiger partial charge is 0.326 e. The minimum atomic E-state index is -0.604. The zero-order valence-electron chi connectivity index (χ0n) is 13.4. The highest BCUT2D eigenvalue weighted by Crippen LogP contribution is 2.16. The highest BCUT2D eigenvalue weighted by Gasteiger charge is 2.33. The summed E-state index contributed by atoms with van der Waals surface area (Å²) in [6.07, 6.45) is 3.15. The molecule has 1 aliphatic heterocycles. The Bertz CT molecular complexity index is 293. The molecular formula is C15H30N2O3. The number of rotatable bonds is 8. The topological polar surface area (TPSA) is 50.8 Å². The number of carbonyl (C=O) groups is 1. The van der Waals surface area contributed by atoms with Gasteiger partial charge in [-0.3, -0.25) is 4.79 Å². The van der Waals surface area contributed by atoms with Crippen LogP contribution in [0.4, 0.5) is 0 Å². The van der Waals surface area contributed by atoms with E-state index in [0.29, 0.717) is 12.5 Å². The summed E-state index contributed by atoms with van der Waals surface area (Å²) in [5, 5.41) is 3.10. The second-order valence-corrected chi connectivity index (χ2v) is 5.90. The molecule has 0 saturated carbocycles. The van der Waals surface area contributed by atoms with Crippen LogP contribution in [0.3, 0.4) is 0 Å². The molecule has 5 nitrogen and oxygen atoms in total. The molecular weight excluding hydrogens is 256 g/mol. The molecule has 1 saturated heterocycles. The second-order valence-electron chi connectivity index (χ2n) is 5.90. The van der Waals surface area contributed by atoms with E-state index in [0.717, 1.165) is 39.1 Å². The Kier molecular flexibility index (Phi) is 7.48. The summed E-state index contributed by atoms with van der Waals surface area (Å²) in [5.74, 6) is 0.453. The highest BCUT2D eigenvalue weighted by atomic mass is 16.5. The maximum atomic E-state index is 12.0. The zero-order chi connectivity index (χ0) is 15.0. The van der Waals surface area contributed by atoms with Crippen molar-refractivity contribution in [3.63, 3.8) is 0 Å². The van der Waals surface area contributed by atoms with Gasteiger partial charge in [0.25, 0.3) is 0 Å². The monoisotopic (exact) mass is 286 g/mol. The number of nitrogens with one attached hydrogen (secondary N) is 1. The van der Waals surface area contributed by atoms with Crippen molar-refractivity contribution in [1.29, 1.82) is 0 Å². The molecule has 0 aromatic heterocycles. The van der Waals surface area contributed by atoms with Crippen molar-refractivity contribution >= 4 is 5.97 Å². The number of hydrogen-bond donors (Lipinski definition) is 1. The quantitative estimate of drug-likeness (QED) is 0.681. The Balaban J connectivity index is 2.36. The van der Waals surface area contributed by atoms with Crippen molar-refractivity contribution in [3.8, 4) is 0 Å². The molecule has 5 heteroatoms. The van der Waals surface area contributed by atoms with Crippen molar-refractivity contribution in [3.05, 3.63) is 0 Å². The van der Waals surface area contributed by atoms with Crippen LogP contribution in [-0.2, 0) is 14.3 Å². The predicted molar refractivity (Wildman–Crippen MR) is 79.8 cm³/mol. The van der Waals surface area contributed by atoms with Gasteiger partial charge in [-0.1, -0.05) is 0 Å². The van der Waals surface area contributed by atoms with Gasteiger partial charge in [0.1, 0.15) is 5.54 Å². The van der Waals surface area contributed by atoms with E-state index in [1.54, 1.807) is 0 Å². The Morgan fingerprint density at radius 1 is 1.55 bits per heavy atom. The number of esters is 1. The first-order chi connectivity index (χ1) is 9.51. The van der Waals surface area contributed by atoms with Gasteiger partial charge in [-0.25, -0.2) is 0 Å². The Morgan fingerprint density at radius 3 is 2.85 bits per heavy atom. The Hall–Kier alpha value is -0.650. The fourth-order valence-electron chi connectivity index (χ4n) is 2.52. The average Bonchev–Trinajstić information content (AvgIpc) is 2.46. The van der Waals surface area contributed by atoms with Crippen molar-refractivity contribution in [2.45, 2.75) is 38.6 Å². The van der Waals surface area contributed by atoms with Crippen LogP contribution in [0.25, 0.3) is 0 Å². The molecule has 0 aromatic carbocycles. The van der Waals surface area contributed by atoms with E-state index in [9.17, 15) is 4.79 Å². The van der Waals surface area contributed by atoms with Gasteiger partial charge in [0.2, 0.25) is 0 Å². The summed E-state index contributed by atoms with van der Waals surface area (Å²) >= 11 is 0. The van der Waals surface area contributed by atoms with Gasteiger partial charge in [-0.15, -0.1) is 0 Å². The zero-order valence-corrected chi connectivity index (χ0v) is 13.4. The molecule has 1 N–H and O–H groups in total. The lowest BCUT2D eigenvalue weighted by molar-refractivity contribution is -0.150. The maximum absolute atomic E-state index is 12.0. The van der Waals surface area contributed by atoms with Gasteiger partial charge in [0.05, 0.1) is 13.2 Å². The lowest BCUT2D eigenvalue weighted by Crippen LogP contribution is -2.50. The van der Waals surface area contributed by atoms with Crippen LogP contribution in [0.2, 0.25) is 0 Å². The Labute approximate surface area is 123 Å². The molecule has 1 rings (SSSR count). The normalized spacial score (nSPS) is 22.6. The average molecular weight is 286 g/mol. The minimum Gasteiger partial charge on any atom is -0.465 e. The summed E-state index contributed by atoms with van der Waals surface area (Å²) in [7, 11) is 3.92. The number of ether oxygens (including phenoxy) is 2. The van der Waals surface area contributed by atoms with Crippen LogP contribution < -0.4 is 5.32 Å². The van der Waals surface area contributed by atoms with Gasteiger partial charge in [-0.2, -0.15) is 0 Å². The third-order valence-corrected chi connectivity index (χ3v) is 4.10. The third-order valence-electron chi connectivity index (χ3n) is 4.10. The van der Waals surface area contributed by atoms with Crippen LogP contribution >= 0.6 is 0 Å². The molecule has 0 aliphatic carbocycles. The van der Waals surface area contributed by atoms with Crippen LogP contribution in [0.15, 0.2) is 0 Å². The molecule has 0 bridgehead atoms. The minimum absolute atomic E-state index is 0.170. The molecule has 20 heavy (non-hydrogen) atoms. The summed E-state index contributed by atoms with van der Waals surface area (Å²) in [4.78, 5) is 14.3. The number of nitrogens with zero attached hydrogens (tertiary/aromatic N) is 1. The van der Waals surface area contributed by atoms with Crippen LogP contribution in [0.5, 0.6) is 0 Å². The SMILES string of the molecule is CCOC(=O)C(C)(CCN(C)CC1CCCOC1)NC. The van der Waals surface area contributed by atoms with Gasteiger partial charge >= 0.3 is 5.97 Å². The third kappa shape index (κ3) is 5.38. The van der Waals surface area contributed by atoms with Crippen molar-refractivity contribution in [2.24, 2.45) is 5.92 Å². The fourth-order valence-corrected chi connectivity index (χ4v) is 2.52. The van der Waals surface area contributed by atoms with Crippen molar-refractivity contribution in [1.82, 2.24) is 10.2 Å². The molecule has 0 spiro atoms. The maximum Gasteiger partial charge on any atom is 0.326 e. The summed E-state index contributed by atoms with van der Waals surface area (Å²) in [6.45, 7) is 7.83. The molecule has 0 radical (unpaired) electrons. The van der Waals surface area contributed by atoms with Crippen LogP contribution in [-0.4, -0.2) is 63.4 Å². The molecule has 1 fully saturated rings. The first-order valence-electron chi connectivity index (χ1n) is 7.64. The molecule has 0 aromatic rings.